The number of nitrogens with one attached hydrogen (secondary N) is 1. The van der Waals surface area contributed by atoms with Crippen LogP contribution in [0, 0.1) is 12.8 Å². The van der Waals surface area contributed by atoms with Crippen LogP contribution in [0.1, 0.15) is 45.6 Å². The summed E-state index contributed by atoms with van der Waals surface area (Å²) in [6, 6.07) is 8.54. The van der Waals surface area contributed by atoms with Crippen molar-refractivity contribution in [2.45, 2.75) is 58.2 Å². The maximum atomic E-state index is 12.3. The van der Waals surface area contributed by atoms with E-state index in [0.717, 1.165) is 29.9 Å². The van der Waals surface area contributed by atoms with Crippen molar-refractivity contribution in [1.82, 2.24) is 20.1 Å². The van der Waals surface area contributed by atoms with Gasteiger partial charge < -0.3 is 10.2 Å². The molecular weight excluding hydrogens is 370 g/mol. The Morgan fingerprint density at radius 3 is 2.43 bits per heavy atom. The summed E-state index contributed by atoms with van der Waals surface area (Å²) in [6.07, 6.45) is 3.63. The zero-order valence-electron chi connectivity index (χ0n) is 17.3. The number of piperidine rings is 1. The van der Waals surface area contributed by atoms with Crippen molar-refractivity contribution in [3.63, 3.8) is 0 Å². The topological polar surface area (TPSA) is 63.1 Å². The third-order valence-electron chi connectivity index (χ3n) is 5.27. The van der Waals surface area contributed by atoms with Crippen LogP contribution in [0.4, 0.5) is 5.95 Å². The standard InChI is InChI=1S/C21H31N5OS/c1-15(2)17(4)22-19(27)14-28-21-24-23-20(25-12-6-5-7-13-25)26(21)18-10-8-16(3)9-11-18/h8-11,15,17H,5-7,12-14H2,1-4H3,(H,22,27)/t17-/m0/s1. The first-order chi connectivity index (χ1) is 13.5. The van der Waals surface area contributed by atoms with Gasteiger partial charge in [0.05, 0.1) is 11.4 Å². The molecule has 1 aromatic heterocycles. The van der Waals surface area contributed by atoms with Crippen LogP contribution in [0.15, 0.2) is 29.4 Å². The third kappa shape index (κ3) is 5.07. The summed E-state index contributed by atoms with van der Waals surface area (Å²) in [6.45, 7) is 10.3. The molecule has 152 valence electrons. The van der Waals surface area contributed by atoms with Crippen molar-refractivity contribution in [3.8, 4) is 5.69 Å². The van der Waals surface area contributed by atoms with Crippen molar-refractivity contribution in [2.75, 3.05) is 23.7 Å². The minimum absolute atomic E-state index is 0.0316. The molecule has 1 aromatic carbocycles. The molecule has 0 unspecified atom stereocenters. The number of benzene rings is 1. The molecule has 7 heteroatoms. The van der Waals surface area contributed by atoms with Gasteiger partial charge in [-0.05, 0) is 51.2 Å². The molecule has 6 nitrogen and oxygen atoms in total. The minimum Gasteiger partial charge on any atom is -0.353 e. The van der Waals surface area contributed by atoms with E-state index in [4.69, 9.17) is 0 Å². The number of thioether (sulfide) groups is 1. The van der Waals surface area contributed by atoms with Crippen LogP contribution in [0.25, 0.3) is 5.69 Å². The lowest BCUT2D eigenvalue weighted by molar-refractivity contribution is -0.119. The number of aromatic nitrogens is 3. The quantitative estimate of drug-likeness (QED) is 0.715. The Labute approximate surface area is 172 Å². The monoisotopic (exact) mass is 401 g/mol. The van der Waals surface area contributed by atoms with Crippen LogP contribution in [0.3, 0.4) is 0 Å². The Balaban J connectivity index is 1.81. The summed E-state index contributed by atoms with van der Waals surface area (Å²) in [7, 11) is 0. The number of amides is 1. The highest BCUT2D eigenvalue weighted by Crippen LogP contribution is 2.28. The van der Waals surface area contributed by atoms with Gasteiger partial charge in [-0.3, -0.25) is 9.36 Å². The fourth-order valence-corrected chi connectivity index (χ4v) is 3.92. The smallest absolute Gasteiger partial charge is 0.232 e. The van der Waals surface area contributed by atoms with E-state index >= 15 is 0 Å². The van der Waals surface area contributed by atoms with Gasteiger partial charge in [-0.15, -0.1) is 10.2 Å². The van der Waals surface area contributed by atoms with Gasteiger partial charge in [0.25, 0.3) is 0 Å². The lowest BCUT2D eigenvalue weighted by Crippen LogP contribution is -2.37. The largest absolute Gasteiger partial charge is 0.353 e. The van der Waals surface area contributed by atoms with Gasteiger partial charge in [0.2, 0.25) is 11.9 Å². The molecule has 1 N–H and O–H groups in total. The average Bonchev–Trinajstić information content (AvgIpc) is 3.11. The first-order valence-electron chi connectivity index (χ1n) is 10.1. The molecule has 2 heterocycles. The molecule has 0 aliphatic carbocycles. The van der Waals surface area contributed by atoms with Crippen molar-refractivity contribution in [3.05, 3.63) is 29.8 Å². The van der Waals surface area contributed by atoms with Crippen LogP contribution < -0.4 is 10.2 Å². The predicted molar refractivity (Wildman–Crippen MR) is 115 cm³/mol. The summed E-state index contributed by atoms with van der Waals surface area (Å²) in [5.41, 5.74) is 2.25. The molecule has 0 bridgehead atoms. The second kappa shape index (κ2) is 9.45. The molecule has 1 aliphatic rings. The normalized spacial score (nSPS) is 15.7. The highest BCUT2D eigenvalue weighted by Gasteiger charge is 2.22. The van der Waals surface area contributed by atoms with Crippen LogP contribution >= 0.6 is 11.8 Å². The predicted octanol–water partition coefficient (Wildman–Crippen LogP) is 3.82. The minimum atomic E-state index is 0.0316. The fraction of sp³-hybridized carbons (Fsp3) is 0.571. The number of carbonyl (C=O) groups is 1. The fourth-order valence-electron chi connectivity index (χ4n) is 3.17. The lowest BCUT2D eigenvalue weighted by atomic mass is 10.1. The zero-order chi connectivity index (χ0) is 20.1. The molecule has 1 amide bonds. The van der Waals surface area contributed by atoms with E-state index in [0.29, 0.717) is 11.7 Å². The third-order valence-corrected chi connectivity index (χ3v) is 6.20. The number of carbonyl (C=O) groups excluding carboxylic acids is 1. The van der Waals surface area contributed by atoms with Gasteiger partial charge in [0.1, 0.15) is 0 Å². The van der Waals surface area contributed by atoms with Crippen molar-refractivity contribution in [1.29, 1.82) is 0 Å². The number of anilines is 1. The van der Waals surface area contributed by atoms with E-state index in [2.05, 4.69) is 70.0 Å². The molecule has 1 saturated heterocycles. The van der Waals surface area contributed by atoms with E-state index in [1.165, 1.54) is 36.6 Å². The summed E-state index contributed by atoms with van der Waals surface area (Å²) >= 11 is 1.44. The Morgan fingerprint density at radius 2 is 1.79 bits per heavy atom. The van der Waals surface area contributed by atoms with Gasteiger partial charge in [-0.2, -0.15) is 0 Å². The summed E-state index contributed by atoms with van der Waals surface area (Å²) < 4.78 is 2.09. The molecule has 2 aromatic rings. The van der Waals surface area contributed by atoms with Gasteiger partial charge in [-0.1, -0.05) is 43.3 Å². The van der Waals surface area contributed by atoms with Gasteiger partial charge in [0, 0.05) is 19.1 Å². The maximum Gasteiger partial charge on any atom is 0.232 e. The van der Waals surface area contributed by atoms with Crippen LogP contribution in [0.5, 0.6) is 0 Å². The van der Waals surface area contributed by atoms with Crippen molar-refractivity contribution < 1.29 is 4.79 Å². The van der Waals surface area contributed by atoms with E-state index < -0.39 is 0 Å². The molecule has 28 heavy (non-hydrogen) atoms. The molecule has 1 fully saturated rings. The summed E-state index contributed by atoms with van der Waals surface area (Å²) in [5.74, 6) is 1.66. The van der Waals surface area contributed by atoms with Gasteiger partial charge in [0.15, 0.2) is 5.16 Å². The van der Waals surface area contributed by atoms with E-state index in [1.807, 2.05) is 6.92 Å². The number of hydrogen-bond donors (Lipinski definition) is 1. The Bertz CT molecular complexity index is 781. The molecule has 0 radical (unpaired) electrons. The number of aryl methyl sites for hydroxylation is 1. The van der Waals surface area contributed by atoms with Gasteiger partial charge >= 0.3 is 0 Å². The van der Waals surface area contributed by atoms with Crippen LogP contribution in [-0.4, -0.2) is 45.6 Å². The molecule has 1 aliphatic heterocycles. The number of hydrogen-bond acceptors (Lipinski definition) is 5. The summed E-state index contributed by atoms with van der Waals surface area (Å²) in [5, 5.41) is 12.7. The lowest BCUT2D eigenvalue weighted by Gasteiger charge is -2.27. The maximum absolute atomic E-state index is 12.3. The molecule has 1 atom stereocenters. The first-order valence-corrected chi connectivity index (χ1v) is 11.1. The number of nitrogens with zero attached hydrogens (tertiary/aromatic N) is 4. The van der Waals surface area contributed by atoms with Crippen LogP contribution in [-0.2, 0) is 4.79 Å². The SMILES string of the molecule is Cc1ccc(-n2c(SCC(=O)N[C@@H](C)C(C)C)nnc2N2CCCCC2)cc1. The first kappa shape index (κ1) is 20.7. The average molecular weight is 402 g/mol. The Hall–Kier alpha value is -2.02. The highest BCUT2D eigenvalue weighted by atomic mass is 32.2. The van der Waals surface area contributed by atoms with Gasteiger partial charge in [-0.25, -0.2) is 0 Å². The highest BCUT2D eigenvalue weighted by molar-refractivity contribution is 7.99. The molecule has 3 rings (SSSR count). The number of rotatable bonds is 7. The second-order valence-electron chi connectivity index (χ2n) is 7.89. The Morgan fingerprint density at radius 1 is 1.11 bits per heavy atom. The molecule has 0 spiro atoms. The van der Waals surface area contributed by atoms with Crippen LogP contribution in [0.2, 0.25) is 0 Å². The molecule has 0 saturated carbocycles. The Kier molecular flexibility index (Phi) is 6.99. The molecular formula is C21H31N5OS. The summed E-state index contributed by atoms with van der Waals surface area (Å²) in [4.78, 5) is 14.6. The second-order valence-corrected chi connectivity index (χ2v) is 8.83. The van der Waals surface area contributed by atoms with Crippen molar-refractivity contribution >= 4 is 23.6 Å². The van der Waals surface area contributed by atoms with E-state index in [9.17, 15) is 4.79 Å². The van der Waals surface area contributed by atoms with Crippen molar-refractivity contribution in [2.24, 2.45) is 5.92 Å². The van der Waals surface area contributed by atoms with E-state index in [-0.39, 0.29) is 11.9 Å². The van der Waals surface area contributed by atoms with E-state index in [1.54, 1.807) is 0 Å². The zero-order valence-corrected chi connectivity index (χ0v) is 18.1.